The highest BCUT2D eigenvalue weighted by molar-refractivity contribution is 4.59. The van der Waals surface area contributed by atoms with Crippen molar-refractivity contribution in [3.05, 3.63) is 0 Å². The van der Waals surface area contributed by atoms with Gasteiger partial charge in [0.05, 0.1) is 6.10 Å². The summed E-state index contributed by atoms with van der Waals surface area (Å²) in [6, 6.07) is 0. The maximum Gasteiger partial charge on any atom is 0.0594 e. The second kappa shape index (κ2) is 4.80. The summed E-state index contributed by atoms with van der Waals surface area (Å²) in [6.07, 6.45) is 2.88. The van der Waals surface area contributed by atoms with Crippen molar-refractivity contribution in [1.29, 1.82) is 0 Å². The first-order chi connectivity index (χ1) is 4.22. The van der Waals surface area contributed by atoms with Gasteiger partial charge in [-0.1, -0.05) is 27.2 Å². The number of ether oxygens (including phenoxy) is 1. The second-order valence-corrected chi connectivity index (χ2v) is 2.81. The van der Waals surface area contributed by atoms with Gasteiger partial charge in [0.25, 0.3) is 0 Å². The Labute approximate surface area is 58.4 Å². The third-order valence-corrected chi connectivity index (χ3v) is 1.62. The summed E-state index contributed by atoms with van der Waals surface area (Å²) in [5.41, 5.74) is 0. The zero-order valence-electron chi connectivity index (χ0n) is 6.98. The van der Waals surface area contributed by atoms with Crippen LogP contribution < -0.4 is 0 Å². The van der Waals surface area contributed by atoms with E-state index in [1.54, 1.807) is 7.11 Å². The third-order valence-electron chi connectivity index (χ3n) is 1.62. The fourth-order valence-electron chi connectivity index (χ4n) is 1.01. The summed E-state index contributed by atoms with van der Waals surface area (Å²) < 4.78 is 5.25. The lowest BCUT2D eigenvalue weighted by atomic mass is 10.0. The summed E-state index contributed by atoms with van der Waals surface area (Å²) in [5, 5.41) is 0. The van der Waals surface area contributed by atoms with Gasteiger partial charge in [0.1, 0.15) is 0 Å². The van der Waals surface area contributed by atoms with Gasteiger partial charge in [0.15, 0.2) is 0 Å². The van der Waals surface area contributed by atoms with Crippen molar-refractivity contribution in [1.82, 2.24) is 0 Å². The van der Waals surface area contributed by atoms with Gasteiger partial charge in [0.2, 0.25) is 0 Å². The van der Waals surface area contributed by atoms with Crippen molar-refractivity contribution in [2.24, 2.45) is 5.92 Å². The summed E-state index contributed by atoms with van der Waals surface area (Å²) in [4.78, 5) is 0. The van der Waals surface area contributed by atoms with Gasteiger partial charge in [-0.25, -0.2) is 0 Å². The van der Waals surface area contributed by atoms with Crippen molar-refractivity contribution in [2.75, 3.05) is 7.11 Å². The fourth-order valence-corrected chi connectivity index (χ4v) is 1.01. The van der Waals surface area contributed by atoms with Gasteiger partial charge in [-0.15, -0.1) is 0 Å². The van der Waals surface area contributed by atoms with Gasteiger partial charge < -0.3 is 4.74 Å². The molecule has 0 unspecified atom stereocenters. The Kier molecular flexibility index (Phi) is 4.78. The van der Waals surface area contributed by atoms with Crippen molar-refractivity contribution < 1.29 is 4.74 Å². The fraction of sp³-hybridized carbons (Fsp3) is 1.00. The summed E-state index contributed by atoms with van der Waals surface area (Å²) in [6.45, 7) is 6.59. The molecule has 56 valence electrons. The topological polar surface area (TPSA) is 9.23 Å². The van der Waals surface area contributed by atoms with E-state index in [2.05, 4.69) is 20.8 Å². The Morgan fingerprint density at radius 2 is 1.89 bits per heavy atom. The first-order valence-corrected chi connectivity index (χ1v) is 3.75. The largest absolute Gasteiger partial charge is 0.381 e. The van der Waals surface area contributed by atoms with E-state index in [0.717, 1.165) is 0 Å². The van der Waals surface area contributed by atoms with E-state index in [9.17, 15) is 0 Å². The molecule has 0 N–H and O–H groups in total. The van der Waals surface area contributed by atoms with E-state index in [-0.39, 0.29) is 0 Å². The van der Waals surface area contributed by atoms with Crippen LogP contribution in [-0.4, -0.2) is 13.2 Å². The molecule has 0 aromatic carbocycles. The number of hydrogen-bond acceptors (Lipinski definition) is 1. The molecule has 9 heavy (non-hydrogen) atoms. The van der Waals surface area contributed by atoms with Crippen LogP contribution in [0, 0.1) is 5.92 Å². The van der Waals surface area contributed by atoms with Crippen molar-refractivity contribution in [3.63, 3.8) is 0 Å². The summed E-state index contributed by atoms with van der Waals surface area (Å²) in [7, 11) is 1.79. The highest BCUT2D eigenvalue weighted by atomic mass is 16.5. The zero-order valence-corrected chi connectivity index (χ0v) is 6.98. The summed E-state index contributed by atoms with van der Waals surface area (Å²) in [5.74, 6) is 0.662. The Morgan fingerprint density at radius 3 is 2.00 bits per heavy atom. The molecule has 0 radical (unpaired) electrons. The molecule has 0 aliphatic heterocycles. The van der Waals surface area contributed by atoms with Crippen LogP contribution in [0.3, 0.4) is 0 Å². The average Bonchev–Trinajstić information content (AvgIpc) is 1.82. The van der Waals surface area contributed by atoms with Gasteiger partial charge in [-0.2, -0.15) is 0 Å². The second-order valence-electron chi connectivity index (χ2n) is 2.81. The Bertz CT molecular complexity index is 59.6. The van der Waals surface area contributed by atoms with Crippen molar-refractivity contribution in [3.8, 4) is 0 Å². The van der Waals surface area contributed by atoms with Crippen LogP contribution in [0.2, 0.25) is 0 Å². The summed E-state index contributed by atoms with van der Waals surface area (Å²) >= 11 is 0. The maximum atomic E-state index is 5.25. The highest BCUT2D eigenvalue weighted by Crippen LogP contribution is 2.10. The molecule has 0 bridgehead atoms. The monoisotopic (exact) mass is 130 g/mol. The smallest absolute Gasteiger partial charge is 0.0594 e. The molecule has 0 rings (SSSR count). The van der Waals surface area contributed by atoms with Gasteiger partial charge >= 0.3 is 0 Å². The molecule has 0 aliphatic carbocycles. The SMILES string of the molecule is CCC[C@@H](OC)C(C)C. The minimum absolute atomic E-state index is 0.468. The average molecular weight is 130 g/mol. The molecule has 0 saturated carbocycles. The Hall–Kier alpha value is -0.0400. The predicted octanol–water partition coefficient (Wildman–Crippen LogP) is 2.46. The van der Waals surface area contributed by atoms with E-state index < -0.39 is 0 Å². The van der Waals surface area contributed by atoms with E-state index in [4.69, 9.17) is 4.74 Å². The quantitative estimate of drug-likeness (QED) is 0.568. The van der Waals surface area contributed by atoms with Crippen LogP contribution in [0.4, 0.5) is 0 Å². The zero-order chi connectivity index (χ0) is 7.28. The molecular weight excluding hydrogens is 112 g/mol. The van der Waals surface area contributed by atoms with Crippen LogP contribution in [-0.2, 0) is 4.74 Å². The number of hydrogen-bond donors (Lipinski definition) is 0. The minimum Gasteiger partial charge on any atom is -0.381 e. The van der Waals surface area contributed by atoms with Gasteiger partial charge in [0, 0.05) is 7.11 Å². The van der Waals surface area contributed by atoms with E-state index in [1.807, 2.05) is 0 Å². The lowest BCUT2D eigenvalue weighted by molar-refractivity contribution is 0.0576. The highest BCUT2D eigenvalue weighted by Gasteiger charge is 2.09. The predicted molar refractivity (Wildman–Crippen MR) is 40.5 cm³/mol. The van der Waals surface area contributed by atoms with Crippen LogP contribution in [0.15, 0.2) is 0 Å². The number of methoxy groups -OCH3 is 1. The first kappa shape index (κ1) is 8.96. The first-order valence-electron chi connectivity index (χ1n) is 3.75. The van der Waals surface area contributed by atoms with Crippen LogP contribution in [0.25, 0.3) is 0 Å². The van der Waals surface area contributed by atoms with E-state index >= 15 is 0 Å². The van der Waals surface area contributed by atoms with Gasteiger partial charge in [-0.05, 0) is 12.3 Å². The van der Waals surface area contributed by atoms with Crippen molar-refractivity contribution in [2.45, 2.75) is 39.7 Å². The molecule has 0 amide bonds. The molecule has 1 atom stereocenters. The van der Waals surface area contributed by atoms with Gasteiger partial charge in [-0.3, -0.25) is 0 Å². The molecule has 0 aliphatic rings. The molecule has 0 fully saturated rings. The van der Waals surface area contributed by atoms with E-state index in [0.29, 0.717) is 12.0 Å². The lowest BCUT2D eigenvalue weighted by Gasteiger charge is -2.17. The standard InChI is InChI=1S/C8H18O/c1-5-6-8(9-4)7(2)3/h7-8H,5-6H2,1-4H3/t8-/m1/s1. The third kappa shape index (κ3) is 3.52. The maximum absolute atomic E-state index is 5.25. The molecule has 0 heterocycles. The van der Waals surface area contributed by atoms with E-state index in [1.165, 1.54) is 12.8 Å². The molecular formula is C8H18O. The lowest BCUT2D eigenvalue weighted by Crippen LogP contribution is -2.17. The molecule has 1 heteroatoms. The number of rotatable bonds is 4. The van der Waals surface area contributed by atoms with Crippen molar-refractivity contribution >= 4 is 0 Å². The Morgan fingerprint density at radius 1 is 1.33 bits per heavy atom. The molecule has 0 aromatic heterocycles. The molecule has 0 aromatic rings. The molecule has 0 saturated heterocycles. The molecule has 1 nitrogen and oxygen atoms in total. The van der Waals surface area contributed by atoms with Crippen LogP contribution in [0.1, 0.15) is 33.6 Å². The van der Waals surface area contributed by atoms with Crippen LogP contribution in [0.5, 0.6) is 0 Å². The van der Waals surface area contributed by atoms with Crippen LogP contribution >= 0.6 is 0 Å². The minimum atomic E-state index is 0.468. The Balaban J connectivity index is 3.41. The normalized spacial score (nSPS) is 14.3. The molecule has 0 spiro atoms.